The van der Waals surface area contributed by atoms with E-state index in [-0.39, 0.29) is 0 Å². The summed E-state index contributed by atoms with van der Waals surface area (Å²) in [6.07, 6.45) is 2.59. The van der Waals surface area contributed by atoms with Crippen molar-refractivity contribution < 1.29 is 17.9 Å². The lowest BCUT2D eigenvalue weighted by atomic mass is 10.1. The van der Waals surface area contributed by atoms with Crippen molar-refractivity contribution in [1.29, 1.82) is 0 Å². The van der Waals surface area contributed by atoms with Crippen LogP contribution < -0.4 is 14.5 Å². The Labute approximate surface area is 198 Å². The first-order chi connectivity index (χ1) is 16.4. The molecule has 0 saturated carbocycles. The van der Waals surface area contributed by atoms with Gasteiger partial charge in [-0.05, 0) is 47.2 Å². The maximum absolute atomic E-state index is 12.5. The summed E-state index contributed by atoms with van der Waals surface area (Å²) in [6, 6.07) is 29.3. The van der Waals surface area contributed by atoms with Crippen molar-refractivity contribution in [2.45, 2.75) is 0 Å². The quantitative estimate of drug-likeness (QED) is 0.300. The first-order valence-electron chi connectivity index (χ1n) is 10.5. The van der Waals surface area contributed by atoms with Crippen LogP contribution in [0.15, 0.2) is 102 Å². The first-order valence-corrected chi connectivity index (χ1v) is 12.4. The Balaban J connectivity index is 1.44. The second-order valence-electron chi connectivity index (χ2n) is 7.54. The molecule has 0 radical (unpaired) electrons. The van der Waals surface area contributed by atoms with Crippen LogP contribution >= 0.6 is 0 Å². The van der Waals surface area contributed by atoms with Crippen LogP contribution in [0.2, 0.25) is 0 Å². The molecule has 0 saturated heterocycles. The van der Waals surface area contributed by atoms with E-state index in [1.54, 1.807) is 30.5 Å². The van der Waals surface area contributed by atoms with Gasteiger partial charge in [0.2, 0.25) is 10.0 Å². The van der Waals surface area contributed by atoms with Gasteiger partial charge in [-0.1, -0.05) is 60.7 Å². The fraction of sp³-hybridized carbons (Fsp3) is 0.0769. The predicted molar refractivity (Wildman–Crippen MR) is 135 cm³/mol. The molecule has 4 rings (SSSR count). The summed E-state index contributed by atoms with van der Waals surface area (Å²) in [6.45, 7) is -0.412. The minimum absolute atomic E-state index is 0.344. The summed E-state index contributed by atoms with van der Waals surface area (Å²) in [5.74, 6) is 0.651. The number of anilines is 1. The molecule has 7 nitrogen and oxygen atoms in total. The van der Waals surface area contributed by atoms with Crippen molar-refractivity contribution >= 4 is 38.6 Å². The molecule has 0 aliphatic rings. The second-order valence-corrected chi connectivity index (χ2v) is 9.45. The van der Waals surface area contributed by atoms with Crippen molar-refractivity contribution in [2.75, 3.05) is 17.1 Å². The van der Waals surface area contributed by atoms with Crippen LogP contribution in [0.5, 0.6) is 11.5 Å². The van der Waals surface area contributed by atoms with Gasteiger partial charge in [0.15, 0.2) is 0 Å². The van der Waals surface area contributed by atoms with Crippen LogP contribution in [0.1, 0.15) is 5.56 Å². The third-order valence-electron chi connectivity index (χ3n) is 5.01. The number of hydrogen-bond donors (Lipinski definition) is 1. The van der Waals surface area contributed by atoms with Crippen LogP contribution in [-0.4, -0.2) is 33.3 Å². The molecule has 0 heterocycles. The highest BCUT2D eigenvalue weighted by Gasteiger charge is 2.20. The molecule has 8 heteroatoms. The highest BCUT2D eigenvalue weighted by atomic mass is 32.2. The van der Waals surface area contributed by atoms with Gasteiger partial charge in [0.1, 0.15) is 18.0 Å². The summed E-state index contributed by atoms with van der Waals surface area (Å²) in [7, 11) is -3.71. The third kappa shape index (κ3) is 5.79. The lowest BCUT2D eigenvalue weighted by Gasteiger charge is -2.21. The van der Waals surface area contributed by atoms with Crippen LogP contribution in [-0.2, 0) is 14.8 Å². The number of carbonyl (C=O) groups is 1. The molecule has 0 aliphatic heterocycles. The SMILES string of the molecule is CS(=O)(=O)N(CC(=O)N/N=C\c1cccc2ccccc12)c1ccc(Oc2ccccc2)cc1. The number of carbonyl (C=O) groups excluding carboxylic acids is 1. The number of nitrogens with zero attached hydrogens (tertiary/aromatic N) is 2. The topological polar surface area (TPSA) is 88.1 Å². The monoisotopic (exact) mass is 473 g/mol. The summed E-state index contributed by atoms with van der Waals surface area (Å²) in [5, 5.41) is 6.07. The molecule has 0 atom stereocenters. The molecule has 34 heavy (non-hydrogen) atoms. The molecular formula is C26H23N3O4S. The third-order valence-corrected chi connectivity index (χ3v) is 6.15. The predicted octanol–water partition coefficient (Wildman–Crippen LogP) is 4.55. The minimum Gasteiger partial charge on any atom is -0.457 e. The van der Waals surface area contributed by atoms with Crippen LogP contribution in [0, 0.1) is 0 Å². The van der Waals surface area contributed by atoms with Crippen LogP contribution in [0.3, 0.4) is 0 Å². The molecule has 1 amide bonds. The Morgan fingerprint density at radius 1 is 0.882 bits per heavy atom. The highest BCUT2D eigenvalue weighted by Crippen LogP contribution is 2.25. The average molecular weight is 474 g/mol. The lowest BCUT2D eigenvalue weighted by Crippen LogP contribution is -2.39. The van der Waals surface area contributed by atoms with Gasteiger partial charge in [0.25, 0.3) is 5.91 Å². The summed E-state index contributed by atoms with van der Waals surface area (Å²) < 4.78 is 31.5. The number of hydrazone groups is 1. The fourth-order valence-corrected chi connectivity index (χ4v) is 4.26. The molecule has 0 aromatic heterocycles. The van der Waals surface area contributed by atoms with Gasteiger partial charge in [-0.3, -0.25) is 9.10 Å². The van der Waals surface area contributed by atoms with Crippen molar-refractivity contribution in [1.82, 2.24) is 5.43 Å². The Hall–Kier alpha value is -4.17. The number of amides is 1. The average Bonchev–Trinajstić information content (AvgIpc) is 2.83. The number of nitrogens with one attached hydrogen (secondary N) is 1. The van der Waals surface area contributed by atoms with Crippen LogP contribution in [0.25, 0.3) is 10.8 Å². The molecular weight excluding hydrogens is 450 g/mol. The van der Waals surface area contributed by atoms with E-state index in [4.69, 9.17) is 4.74 Å². The van der Waals surface area contributed by atoms with E-state index in [1.807, 2.05) is 72.8 Å². The Bertz CT molecular complexity index is 1410. The molecule has 4 aromatic rings. The number of sulfonamides is 1. The summed E-state index contributed by atoms with van der Waals surface area (Å²) in [5.41, 5.74) is 3.60. The maximum Gasteiger partial charge on any atom is 0.260 e. The molecule has 4 aromatic carbocycles. The van der Waals surface area contributed by atoms with Gasteiger partial charge < -0.3 is 4.74 Å². The maximum atomic E-state index is 12.5. The second kappa shape index (κ2) is 10.2. The normalized spacial score (nSPS) is 11.4. The minimum atomic E-state index is -3.71. The zero-order valence-electron chi connectivity index (χ0n) is 18.5. The number of ether oxygens (including phenoxy) is 1. The number of hydrogen-bond acceptors (Lipinski definition) is 5. The highest BCUT2D eigenvalue weighted by molar-refractivity contribution is 7.92. The molecule has 0 fully saturated rings. The Kier molecular flexibility index (Phi) is 6.89. The van der Waals surface area contributed by atoms with Gasteiger partial charge in [-0.25, -0.2) is 13.8 Å². The van der Waals surface area contributed by atoms with E-state index in [0.29, 0.717) is 17.2 Å². The van der Waals surface area contributed by atoms with E-state index < -0.39 is 22.5 Å². The van der Waals surface area contributed by atoms with Crippen LogP contribution in [0.4, 0.5) is 5.69 Å². The number of para-hydroxylation sites is 1. The van der Waals surface area contributed by atoms with E-state index in [2.05, 4.69) is 10.5 Å². The molecule has 0 spiro atoms. The number of rotatable bonds is 8. The zero-order chi connectivity index (χ0) is 24.0. The number of benzene rings is 4. The van der Waals surface area contributed by atoms with Gasteiger partial charge in [0.05, 0.1) is 18.2 Å². The van der Waals surface area contributed by atoms with E-state index in [9.17, 15) is 13.2 Å². The standard InChI is InChI=1S/C26H23N3O4S/c1-34(31,32)29(22-14-16-24(17-15-22)33-23-11-3-2-4-12-23)19-26(30)28-27-18-21-10-7-9-20-8-5-6-13-25(20)21/h2-18H,19H2,1H3,(H,28,30)/b27-18-. The van der Waals surface area contributed by atoms with Gasteiger partial charge >= 0.3 is 0 Å². The zero-order valence-corrected chi connectivity index (χ0v) is 19.3. The molecule has 172 valence electrons. The molecule has 0 bridgehead atoms. The Morgan fingerprint density at radius 2 is 1.53 bits per heavy atom. The van der Waals surface area contributed by atoms with E-state index >= 15 is 0 Å². The van der Waals surface area contributed by atoms with Gasteiger partial charge in [-0.15, -0.1) is 0 Å². The smallest absolute Gasteiger partial charge is 0.260 e. The number of fused-ring (bicyclic) bond motifs is 1. The van der Waals surface area contributed by atoms with Crippen molar-refractivity contribution in [3.63, 3.8) is 0 Å². The largest absolute Gasteiger partial charge is 0.457 e. The Morgan fingerprint density at radius 3 is 2.26 bits per heavy atom. The van der Waals surface area contributed by atoms with E-state index in [1.165, 1.54) is 0 Å². The fourth-order valence-electron chi connectivity index (χ4n) is 3.41. The molecule has 0 unspecified atom stereocenters. The van der Waals surface area contributed by atoms with Crippen molar-refractivity contribution in [3.05, 3.63) is 103 Å². The summed E-state index contributed by atoms with van der Waals surface area (Å²) in [4.78, 5) is 12.5. The van der Waals surface area contributed by atoms with Gasteiger partial charge in [0, 0.05) is 5.56 Å². The lowest BCUT2D eigenvalue weighted by molar-refractivity contribution is -0.119. The first kappa shape index (κ1) is 23.0. The van der Waals surface area contributed by atoms with Crippen molar-refractivity contribution in [2.24, 2.45) is 5.10 Å². The molecule has 0 aliphatic carbocycles. The van der Waals surface area contributed by atoms with E-state index in [0.717, 1.165) is 26.9 Å². The van der Waals surface area contributed by atoms with Gasteiger partial charge in [-0.2, -0.15) is 5.10 Å². The molecule has 1 N–H and O–H groups in total. The van der Waals surface area contributed by atoms with Crippen molar-refractivity contribution in [3.8, 4) is 11.5 Å². The summed E-state index contributed by atoms with van der Waals surface area (Å²) >= 11 is 0.